The Morgan fingerprint density at radius 1 is 1.28 bits per heavy atom. The van der Waals surface area contributed by atoms with E-state index in [2.05, 4.69) is 19.9 Å². The van der Waals surface area contributed by atoms with Crippen LogP contribution >= 0.6 is 11.6 Å². The van der Waals surface area contributed by atoms with Crippen molar-refractivity contribution in [2.75, 3.05) is 7.11 Å². The molecule has 18 heavy (non-hydrogen) atoms. The van der Waals surface area contributed by atoms with Crippen LogP contribution in [0.5, 0.6) is 5.88 Å². The number of aromatic nitrogens is 4. The van der Waals surface area contributed by atoms with Gasteiger partial charge in [-0.1, -0.05) is 18.5 Å². The average molecular weight is 265 g/mol. The normalized spacial score (nSPS) is 10.4. The highest BCUT2D eigenvalue weighted by molar-refractivity contribution is 6.30. The summed E-state index contributed by atoms with van der Waals surface area (Å²) >= 11 is 6.10. The fourth-order valence-corrected chi connectivity index (χ4v) is 1.75. The summed E-state index contributed by atoms with van der Waals surface area (Å²) in [4.78, 5) is 16.8. The molecule has 0 aromatic carbocycles. The lowest BCUT2D eigenvalue weighted by Crippen LogP contribution is -2.01. The van der Waals surface area contributed by atoms with Gasteiger partial charge in [0.25, 0.3) is 0 Å². The molecule has 0 aliphatic carbocycles. The van der Waals surface area contributed by atoms with Crippen molar-refractivity contribution in [1.82, 2.24) is 19.9 Å². The summed E-state index contributed by atoms with van der Waals surface area (Å²) in [6.45, 7) is 3.93. The van der Waals surface area contributed by atoms with Crippen LogP contribution in [-0.2, 0) is 6.42 Å². The van der Waals surface area contributed by atoms with E-state index in [1.54, 1.807) is 13.2 Å². The molecule has 0 N–H and O–H groups in total. The van der Waals surface area contributed by atoms with E-state index in [1.807, 2.05) is 13.8 Å². The standard InChI is InChI=1S/C12H13ClN4O/c1-4-8-7(2)11(13)17-12(16-8)9-5-10(18-3)15-6-14-9/h5-6H,4H2,1-3H3. The van der Waals surface area contributed by atoms with Crippen molar-refractivity contribution in [2.45, 2.75) is 20.3 Å². The largest absolute Gasteiger partial charge is 0.481 e. The van der Waals surface area contributed by atoms with E-state index in [9.17, 15) is 0 Å². The van der Waals surface area contributed by atoms with Crippen molar-refractivity contribution in [3.8, 4) is 17.4 Å². The van der Waals surface area contributed by atoms with Gasteiger partial charge in [-0.15, -0.1) is 0 Å². The molecule has 5 nitrogen and oxygen atoms in total. The van der Waals surface area contributed by atoms with E-state index in [1.165, 1.54) is 6.33 Å². The number of nitrogens with zero attached hydrogens (tertiary/aromatic N) is 4. The summed E-state index contributed by atoms with van der Waals surface area (Å²) in [6.07, 6.45) is 2.21. The highest BCUT2D eigenvalue weighted by Crippen LogP contribution is 2.22. The average Bonchev–Trinajstić information content (AvgIpc) is 2.41. The van der Waals surface area contributed by atoms with Gasteiger partial charge in [-0.2, -0.15) is 0 Å². The Labute approximate surface area is 110 Å². The van der Waals surface area contributed by atoms with E-state index in [4.69, 9.17) is 16.3 Å². The summed E-state index contributed by atoms with van der Waals surface area (Å²) in [6, 6.07) is 1.68. The maximum atomic E-state index is 6.10. The van der Waals surface area contributed by atoms with Gasteiger partial charge in [-0.3, -0.25) is 0 Å². The van der Waals surface area contributed by atoms with Crippen LogP contribution < -0.4 is 4.74 Å². The maximum absolute atomic E-state index is 6.10. The van der Waals surface area contributed by atoms with Crippen LogP contribution in [0.3, 0.4) is 0 Å². The first kappa shape index (κ1) is 12.7. The van der Waals surface area contributed by atoms with Gasteiger partial charge in [0.2, 0.25) is 5.88 Å². The van der Waals surface area contributed by atoms with Crippen LogP contribution in [0.25, 0.3) is 11.5 Å². The second-order valence-electron chi connectivity index (χ2n) is 3.71. The summed E-state index contributed by atoms with van der Waals surface area (Å²) in [5.41, 5.74) is 2.42. The van der Waals surface area contributed by atoms with Crippen molar-refractivity contribution in [3.63, 3.8) is 0 Å². The van der Waals surface area contributed by atoms with E-state index in [0.717, 1.165) is 17.7 Å². The van der Waals surface area contributed by atoms with Crippen LogP contribution in [-0.4, -0.2) is 27.0 Å². The molecule has 2 aromatic heterocycles. The summed E-state index contributed by atoms with van der Waals surface area (Å²) in [5.74, 6) is 0.960. The van der Waals surface area contributed by atoms with Gasteiger partial charge < -0.3 is 4.74 Å². The Kier molecular flexibility index (Phi) is 3.72. The maximum Gasteiger partial charge on any atom is 0.216 e. The quantitative estimate of drug-likeness (QED) is 0.797. The number of hydrogen-bond acceptors (Lipinski definition) is 5. The molecule has 0 bridgehead atoms. The highest BCUT2D eigenvalue weighted by Gasteiger charge is 2.11. The second-order valence-corrected chi connectivity index (χ2v) is 4.07. The molecule has 0 amide bonds. The topological polar surface area (TPSA) is 60.8 Å². The molecule has 6 heteroatoms. The molecule has 2 rings (SSSR count). The van der Waals surface area contributed by atoms with Crippen LogP contribution in [0.2, 0.25) is 5.15 Å². The third kappa shape index (κ3) is 2.41. The number of aryl methyl sites for hydroxylation is 1. The molecule has 0 saturated carbocycles. The molecule has 0 aliphatic rings. The molecule has 0 fully saturated rings. The summed E-state index contributed by atoms with van der Waals surface area (Å²) < 4.78 is 5.05. The number of ether oxygens (including phenoxy) is 1. The molecule has 0 unspecified atom stereocenters. The first-order valence-corrected chi connectivity index (χ1v) is 5.93. The molecule has 94 valence electrons. The van der Waals surface area contributed by atoms with Crippen molar-refractivity contribution in [1.29, 1.82) is 0 Å². The molecular weight excluding hydrogens is 252 g/mol. The predicted octanol–water partition coefficient (Wildman–Crippen LogP) is 2.47. The zero-order chi connectivity index (χ0) is 13.1. The van der Waals surface area contributed by atoms with Crippen molar-refractivity contribution < 1.29 is 4.74 Å². The van der Waals surface area contributed by atoms with Crippen molar-refractivity contribution >= 4 is 11.6 Å². The smallest absolute Gasteiger partial charge is 0.216 e. The van der Waals surface area contributed by atoms with Crippen LogP contribution in [0.4, 0.5) is 0 Å². The second kappa shape index (κ2) is 5.27. The number of hydrogen-bond donors (Lipinski definition) is 0. The molecule has 2 aromatic rings. The lowest BCUT2D eigenvalue weighted by Gasteiger charge is -2.07. The van der Waals surface area contributed by atoms with Gasteiger partial charge in [0.05, 0.1) is 7.11 Å². The van der Waals surface area contributed by atoms with Gasteiger partial charge in [0.15, 0.2) is 5.82 Å². The summed E-state index contributed by atoms with van der Waals surface area (Å²) in [5, 5.41) is 0.453. The van der Waals surface area contributed by atoms with Crippen molar-refractivity contribution in [3.05, 3.63) is 28.8 Å². The highest BCUT2D eigenvalue weighted by atomic mass is 35.5. The summed E-state index contributed by atoms with van der Waals surface area (Å²) in [7, 11) is 1.55. The van der Waals surface area contributed by atoms with Gasteiger partial charge in [0.1, 0.15) is 17.2 Å². The molecule has 0 atom stereocenters. The zero-order valence-corrected chi connectivity index (χ0v) is 11.2. The predicted molar refractivity (Wildman–Crippen MR) is 68.7 cm³/mol. The van der Waals surface area contributed by atoms with Gasteiger partial charge in [-0.05, 0) is 13.3 Å². The Bertz CT molecular complexity index is 574. The minimum absolute atomic E-state index is 0.453. The molecule has 0 radical (unpaired) electrons. The molecule has 0 saturated heterocycles. The zero-order valence-electron chi connectivity index (χ0n) is 10.4. The fraction of sp³-hybridized carbons (Fsp3) is 0.333. The Morgan fingerprint density at radius 2 is 2.06 bits per heavy atom. The molecular formula is C12H13ClN4O. The fourth-order valence-electron chi connectivity index (χ4n) is 1.56. The molecule has 2 heterocycles. The first-order valence-electron chi connectivity index (χ1n) is 5.55. The molecule has 0 spiro atoms. The lowest BCUT2D eigenvalue weighted by atomic mass is 10.2. The minimum atomic E-state index is 0.453. The lowest BCUT2D eigenvalue weighted by molar-refractivity contribution is 0.397. The monoisotopic (exact) mass is 264 g/mol. The van der Waals surface area contributed by atoms with Crippen molar-refractivity contribution in [2.24, 2.45) is 0 Å². The minimum Gasteiger partial charge on any atom is -0.481 e. The van der Waals surface area contributed by atoms with Gasteiger partial charge in [-0.25, -0.2) is 19.9 Å². The number of methoxy groups -OCH3 is 1. The van der Waals surface area contributed by atoms with E-state index < -0.39 is 0 Å². The van der Waals surface area contributed by atoms with Gasteiger partial charge in [0, 0.05) is 17.3 Å². The Balaban J connectivity index is 2.53. The van der Waals surface area contributed by atoms with E-state index >= 15 is 0 Å². The van der Waals surface area contributed by atoms with Crippen LogP contribution in [0.15, 0.2) is 12.4 Å². The molecule has 0 aliphatic heterocycles. The Morgan fingerprint density at radius 3 is 2.72 bits per heavy atom. The van der Waals surface area contributed by atoms with Gasteiger partial charge >= 0.3 is 0 Å². The number of rotatable bonds is 3. The number of halogens is 1. The SMILES string of the molecule is CCc1nc(-c2cc(OC)ncn2)nc(Cl)c1C. The first-order chi connectivity index (χ1) is 8.65. The third-order valence-electron chi connectivity index (χ3n) is 2.60. The third-order valence-corrected chi connectivity index (χ3v) is 2.97. The Hall–Kier alpha value is -1.75. The van der Waals surface area contributed by atoms with Crippen LogP contribution in [0, 0.1) is 6.92 Å². The van der Waals surface area contributed by atoms with Crippen LogP contribution in [0.1, 0.15) is 18.2 Å². The van der Waals surface area contributed by atoms with E-state index in [0.29, 0.717) is 22.6 Å². The van der Waals surface area contributed by atoms with E-state index in [-0.39, 0.29) is 0 Å².